The minimum absolute atomic E-state index is 0.111. The van der Waals surface area contributed by atoms with E-state index in [0.717, 1.165) is 0 Å². The second-order valence-electron chi connectivity index (χ2n) is 3.51. The maximum Gasteiger partial charge on any atom is 0.339 e. The fraction of sp³-hybridized carbons (Fsp3) is 0.0833. The van der Waals surface area contributed by atoms with E-state index < -0.39 is 5.97 Å². The zero-order valence-electron chi connectivity index (χ0n) is 9.08. The van der Waals surface area contributed by atoms with Gasteiger partial charge in [0.1, 0.15) is 17.3 Å². The lowest BCUT2D eigenvalue weighted by Crippen LogP contribution is -2.10. The zero-order valence-corrected chi connectivity index (χ0v) is 9.08. The molecule has 0 fully saturated rings. The van der Waals surface area contributed by atoms with Gasteiger partial charge >= 0.3 is 5.97 Å². The number of hydrogen-bond acceptors (Lipinski definition) is 3. The molecule has 5 heteroatoms. The van der Waals surface area contributed by atoms with Gasteiger partial charge in [-0.2, -0.15) is 5.26 Å². The molecule has 17 heavy (non-hydrogen) atoms. The van der Waals surface area contributed by atoms with E-state index in [1.165, 1.54) is 10.8 Å². The Kier molecular flexibility index (Phi) is 2.63. The summed E-state index contributed by atoms with van der Waals surface area (Å²) in [5.74, 6) is -0.790. The van der Waals surface area contributed by atoms with Crippen molar-refractivity contribution in [1.82, 2.24) is 9.55 Å². The van der Waals surface area contributed by atoms with Crippen molar-refractivity contribution in [1.29, 1.82) is 5.26 Å². The van der Waals surface area contributed by atoms with Gasteiger partial charge in [-0.15, -0.1) is 0 Å². The molecule has 5 nitrogen and oxygen atoms in total. The first kappa shape index (κ1) is 10.9. The van der Waals surface area contributed by atoms with Gasteiger partial charge in [-0.3, -0.25) is 4.57 Å². The van der Waals surface area contributed by atoms with Crippen LogP contribution in [0, 0.1) is 18.3 Å². The van der Waals surface area contributed by atoms with E-state index in [0.29, 0.717) is 11.3 Å². The maximum atomic E-state index is 11.2. The number of nitrogens with zero attached hydrogens (tertiary/aromatic N) is 3. The van der Waals surface area contributed by atoms with E-state index in [9.17, 15) is 9.90 Å². The molecule has 0 amide bonds. The van der Waals surface area contributed by atoms with E-state index in [1.807, 2.05) is 6.07 Å². The largest absolute Gasteiger partial charge is 0.478 e. The van der Waals surface area contributed by atoms with Gasteiger partial charge in [-0.25, -0.2) is 9.78 Å². The molecule has 0 aliphatic heterocycles. The van der Waals surface area contributed by atoms with Crippen LogP contribution >= 0.6 is 0 Å². The Hall–Kier alpha value is -2.61. The predicted octanol–water partition coefficient (Wildman–Crippen LogP) is 1.75. The molecule has 0 atom stereocenters. The van der Waals surface area contributed by atoms with Crippen molar-refractivity contribution in [2.45, 2.75) is 6.92 Å². The molecule has 2 heterocycles. The highest BCUT2D eigenvalue weighted by molar-refractivity contribution is 5.92. The second-order valence-corrected chi connectivity index (χ2v) is 3.51. The molecule has 0 aliphatic carbocycles. The molecule has 2 aromatic rings. The lowest BCUT2D eigenvalue weighted by Gasteiger charge is -2.09. The summed E-state index contributed by atoms with van der Waals surface area (Å²) in [6.07, 6.45) is 3.14. The molecular formula is C12H9N3O2. The number of aryl methyl sites for hydroxylation is 1. The average molecular weight is 227 g/mol. The van der Waals surface area contributed by atoms with Crippen LogP contribution in [0.1, 0.15) is 21.6 Å². The number of carbonyl (C=O) groups is 1. The van der Waals surface area contributed by atoms with Crippen LogP contribution in [0.25, 0.3) is 5.82 Å². The quantitative estimate of drug-likeness (QED) is 0.847. The van der Waals surface area contributed by atoms with Crippen molar-refractivity contribution in [3.63, 3.8) is 0 Å². The predicted molar refractivity (Wildman–Crippen MR) is 60.0 cm³/mol. The summed E-state index contributed by atoms with van der Waals surface area (Å²) in [5.41, 5.74) is 1.07. The Balaban J connectivity index is 2.73. The van der Waals surface area contributed by atoms with Crippen LogP contribution in [-0.2, 0) is 0 Å². The molecule has 0 saturated heterocycles. The van der Waals surface area contributed by atoms with Crippen molar-refractivity contribution >= 4 is 5.97 Å². The van der Waals surface area contributed by atoms with E-state index in [1.54, 1.807) is 31.3 Å². The van der Waals surface area contributed by atoms with Crippen molar-refractivity contribution in [3.05, 3.63) is 47.4 Å². The number of aromatic nitrogens is 2. The Morgan fingerprint density at radius 2 is 2.29 bits per heavy atom. The number of pyridine rings is 1. The Morgan fingerprint density at radius 1 is 1.53 bits per heavy atom. The third-order valence-electron chi connectivity index (χ3n) is 2.44. The van der Waals surface area contributed by atoms with E-state index >= 15 is 0 Å². The number of hydrogen-bond donors (Lipinski definition) is 1. The highest BCUT2D eigenvalue weighted by Gasteiger charge is 2.17. The van der Waals surface area contributed by atoms with Crippen molar-refractivity contribution in [2.24, 2.45) is 0 Å². The first-order valence-electron chi connectivity index (χ1n) is 4.92. The SMILES string of the molecule is Cc1ccnc(-n2cccc2C#N)c1C(=O)O. The van der Waals surface area contributed by atoms with E-state index in [-0.39, 0.29) is 11.4 Å². The molecule has 1 N–H and O–H groups in total. The molecule has 0 aromatic carbocycles. The topological polar surface area (TPSA) is 78.9 Å². The van der Waals surface area contributed by atoms with Crippen molar-refractivity contribution in [3.8, 4) is 11.9 Å². The normalized spacial score (nSPS) is 9.88. The molecule has 0 saturated carbocycles. The summed E-state index contributed by atoms with van der Waals surface area (Å²) in [6, 6.07) is 6.90. The van der Waals surface area contributed by atoms with Crippen LogP contribution in [0.4, 0.5) is 0 Å². The van der Waals surface area contributed by atoms with Crippen molar-refractivity contribution in [2.75, 3.05) is 0 Å². The minimum atomic E-state index is -1.05. The fourth-order valence-electron chi connectivity index (χ4n) is 1.65. The van der Waals surface area contributed by atoms with Gasteiger partial charge in [0.25, 0.3) is 0 Å². The van der Waals surface area contributed by atoms with Gasteiger partial charge in [-0.1, -0.05) is 0 Å². The van der Waals surface area contributed by atoms with Crippen LogP contribution in [-0.4, -0.2) is 20.6 Å². The fourth-order valence-corrected chi connectivity index (χ4v) is 1.65. The van der Waals surface area contributed by atoms with Crippen LogP contribution < -0.4 is 0 Å². The Morgan fingerprint density at radius 3 is 2.94 bits per heavy atom. The van der Waals surface area contributed by atoms with Crippen LogP contribution in [0.2, 0.25) is 0 Å². The summed E-state index contributed by atoms with van der Waals surface area (Å²) < 4.78 is 1.47. The average Bonchev–Trinajstić information content (AvgIpc) is 2.75. The molecule has 0 bridgehead atoms. The van der Waals surface area contributed by atoms with E-state index in [4.69, 9.17) is 5.26 Å². The summed E-state index contributed by atoms with van der Waals surface area (Å²) in [6.45, 7) is 1.70. The molecule has 0 spiro atoms. The zero-order chi connectivity index (χ0) is 12.4. The standard InChI is InChI=1S/C12H9N3O2/c1-8-4-5-14-11(10(8)12(16)17)15-6-2-3-9(15)7-13/h2-6H,1H3,(H,16,17). The second kappa shape index (κ2) is 4.10. The van der Waals surface area contributed by atoms with Crippen LogP contribution in [0.15, 0.2) is 30.6 Å². The molecule has 0 aliphatic rings. The first-order valence-corrected chi connectivity index (χ1v) is 4.92. The molecular weight excluding hydrogens is 218 g/mol. The number of carboxylic acids is 1. The summed E-state index contributed by atoms with van der Waals surface area (Å²) in [4.78, 5) is 15.2. The van der Waals surface area contributed by atoms with Gasteiger partial charge in [0.05, 0.1) is 0 Å². The Labute approximate surface area is 97.6 Å². The number of rotatable bonds is 2. The third kappa shape index (κ3) is 1.76. The van der Waals surface area contributed by atoms with Gasteiger partial charge in [0, 0.05) is 12.4 Å². The number of carboxylic acid groups (broad SMARTS) is 1. The molecule has 2 rings (SSSR count). The molecule has 84 valence electrons. The summed E-state index contributed by atoms with van der Waals surface area (Å²) >= 11 is 0. The number of nitriles is 1. The lowest BCUT2D eigenvalue weighted by atomic mass is 10.1. The third-order valence-corrected chi connectivity index (χ3v) is 2.44. The highest BCUT2D eigenvalue weighted by atomic mass is 16.4. The summed E-state index contributed by atoms with van der Waals surface area (Å²) in [5, 5.41) is 18.1. The van der Waals surface area contributed by atoms with Crippen LogP contribution in [0.3, 0.4) is 0 Å². The lowest BCUT2D eigenvalue weighted by molar-refractivity contribution is 0.0695. The van der Waals surface area contributed by atoms with Gasteiger partial charge in [0.2, 0.25) is 0 Å². The molecule has 2 aromatic heterocycles. The smallest absolute Gasteiger partial charge is 0.339 e. The monoisotopic (exact) mass is 227 g/mol. The van der Waals surface area contributed by atoms with Crippen LogP contribution in [0.5, 0.6) is 0 Å². The minimum Gasteiger partial charge on any atom is -0.478 e. The molecule has 0 unspecified atom stereocenters. The van der Waals surface area contributed by atoms with Gasteiger partial charge < -0.3 is 5.11 Å². The van der Waals surface area contributed by atoms with Gasteiger partial charge in [-0.05, 0) is 30.7 Å². The highest BCUT2D eigenvalue weighted by Crippen LogP contribution is 2.18. The number of aromatic carboxylic acids is 1. The Bertz CT molecular complexity index is 623. The summed E-state index contributed by atoms with van der Waals surface area (Å²) in [7, 11) is 0. The first-order chi connectivity index (χ1) is 8.15. The van der Waals surface area contributed by atoms with Gasteiger partial charge in [0.15, 0.2) is 5.82 Å². The van der Waals surface area contributed by atoms with E-state index in [2.05, 4.69) is 4.98 Å². The maximum absolute atomic E-state index is 11.2. The molecule has 0 radical (unpaired) electrons. The van der Waals surface area contributed by atoms with Crippen molar-refractivity contribution < 1.29 is 9.90 Å².